The summed E-state index contributed by atoms with van der Waals surface area (Å²) >= 11 is 1.70. The summed E-state index contributed by atoms with van der Waals surface area (Å²) in [5.74, 6) is 1.82. The molecule has 27 heavy (non-hydrogen) atoms. The van der Waals surface area contributed by atoms with Gasteiger partial charge in [0.15, 0.2) is 0 Å². The Morgan fingerprint density at radius 2 is 2.04 bits per heavy atom. The lowest BCUT2D eigenvalue weighted by Gasteiger charge is -2.22. The van der Waals surface area contributed by atoms with Crippen molar-refractivity contribution in [2.75, 3.05) is 19.4 Å². The smallest absolute Gasteiger partial charge is 0.146 e. The van der Waals surface area contributed by atoms with Crippen LogP contribution in [0, 0.1) is 0 Å². The largest absolute Gasteiger partial charge is 0.373 e. The van der Waals surface area contributed by atoms with Gasteiger partial charge in [0.05, 0.1) is 30.2 Å². The number of thiophene rings is 1. The molecular weight excluding hydrogens is 356 g/mol. The van der Waals surface area contributed by atoms with Crippen LogP contribution in [0.4, 0.5) is 5.82 Å². The average molecular weight is 381 g/mol. The minimum Gasteiger partial charge on any atom is -0.373 e. The van der Waals surface area contributed by atoms with E-state index in [1.165, 1.54) is 17.5 Å². The Kier molecular flexibility index (Phi) is 4.34. The maximum Gasteiger partial charge on any atom is 0.146 e. The van der Waals surface area contributed by atoms with Crippen LogP contribution in [0.15, 0.2) is 35.7 Å². The average Bonchev–Trinajstić information content (AvgIpc) is 3.37. The zero-order valence-corrected chi connectivity index (χ0v) is 16.5. The topological polar surface area (TPSA) is 50.3 Å². The molecule has 5 nitrogen and oxygen atoms in total. The third-order valence-corrected chi connectivity index (χ3v) is 6.32. The van der Waals surface area contributed by atoms with E-state index < -0.39 is 0 Å². The van der Waals surface area contributed by atoms with Gasteiger partial charge in [-0.25, -0.2) is 9.97 Å². The summed E-state index contributed by atoms with van der Waals surface area (Å²) < 4.78 is 6.05. The van der Waals surface area contributed by atoms with E-state index in [1.807, 2.05) is 14.1 Å². The van der Waals surface area contributed by atoms with Crippen molar-refractivity contribution in [3.05, 3.63) is 41.5 Å². The van der Waals surface area contributed by atoms with E-state index in [4.69, 9.17) is 14.7 Å². The molecule has 1 N–H and O–H groups in total. The Hall–Kier alpha value is -2.02. The van der Waals surface area contributed by atoms with Gasteiger partial charge in [-0.2, -0.15) is 0 Å². The van der Waals surface area contributed by atoms with Crippen molar-refractivity contribution in [2.45, 2.75) is 44.1 Å². The van der Waals surface area contributed by atoms with Crippen LogP contribution in [0.5, 0.6) is 0 Å². The van der Waals surface area contributed by atoms with Gasteiger partial charge in [0, 0.05) is 10.9 Å². The number of ether oxygens (including phenoxy) is 1. The Morgan fingerprint density at radius 3 is 2.74 bits per heavy atom. The molecule has 2 fully saturated rings. The van der Waals surface area contributed by atoms with Crippen LogP contribution in [-0.2, 0) is 11.3 Å². The summed E-state index contributed by atoms with van der Waals surface area (Å²) in [6.45, 7) is 0.733. The van der Waals surface area contributed by atoms with Gasteiger partial charge >= 0.3 is 0 Å². The van der Waals surface area contributed by atoms with Crippen LogP contribution in [-0.4, -0.2) is 47.2 Å². The molecule has 0 aliphatic carbocycles. The first-order valence-electron chi connectivity index (χ1n) is 9.57. The van der Waals surface area contributed by atoms with E-state index in [2.05, 4.69) is 45.9 Å². The van der Waals surface area contributed by atoms with Gasteiger partial charge in [-0.05, 0) is 38.9 Å². The van der Waals surface area contributed by atoms with Crippen LogP contribution in [0.1, 0.15) is 25.1 Å². The maximum atomic E-state index is 6.05. The number of rotatable bonds is 5. The second-order valence-electron chi connectivity index (χ2n) is 7.78. The molecule has 0 amide bonds. The number of nitrogens with one attached hydrogen (secondary N) is 1. The summed E-state index contributed by atoms with van der Waals surface area (Å²) in [4.78, 5) is 12.9. The van der Waals surface area contributed by atoms with Crippen molar-refractivity contribution in [1.29, 1.82) is 0 Å². The summed E-state index contributed by atoms with van der Waals surface area (Å²) in [6, 6.07) is 10.9. The first kappa shape index (κ1) is 17.1. The van der Waals surface area contributed by atoms with Gasteiger partial charge < -0.3 is 15.0 Å². The van der Waals surface area contributed by atoms with E-state index in [0.717, 1.165) is 41.2 Å². The van der Waals surface area contributed by atoms with Crippen LogP contribution in [0.3, 0.4) is 0 Å². The third-order valence-electron chi connectivity index (χ3n) is 5.45. The minimum absolute atomic E-state index is 0.316. The molecule has 0 saturated carbocycles. The lowest BCUT2D eigenvalue weighted by atomic mass is 9.95. The van der Waals surface area contributed by atoms with Crippen molar-refractivity contribution < 1.29 is 4.74 Å². The second-order valence-corrected chi connectivity index (χ2v) is 8.64. The number of hydrogen-bond acceptors (Lipinski definition) is 6. The molecule has 3 atom stereocenters. The van der Waals surface area contributed by atoms with Gasteiger partial charge in [-0.1, -0.05) is 30.3 Å². The molecule has 140 valence electrons. The first-order chi connectivity index (χ1) is 13.2. The van der Waals surface area contributed by atoms with Crippen molar-refractivity contribution in [3.63, 3.8) is 0 Å². The highest BCUT2D eigenvalue weighted by atomic mass is 32.1. The molecule has 2 aliphatic heterocycles. The van der Waals surface area contributed by atoms with Crippen LogP contribution >= 0.6 is 11.3 Å². The lowest BCUT2D eigenvalue weighted by Crippen LogP contribution is -2.31. The number of nitrogens with zero attached hydrogens (tertiary/aromatic N) is 3. The van der Waals surface area contributed by atoms with Gasteiger partial charge in [0.1, 0.15) is 16.5 Å². The summed E-state index contributed by atoms with van der Waals surface area (Å²) in [6.07, 6.45) is 4.15. The summed E-state index contributed by atoms with van der Waals surface area (Å²) in [5.41, 5.74) is 2.42. The molecule has 0 radical (unpaired) electrons. The summed E-state index contributed by atoms with van der Waals surface area (Å²) in [7, 11) is 4.10. The van der Waals surface area contributed by atoms with Crippen LogP contribution in [0.25, 0.3) is 21.3 Å². The molecule has 6 heteroatoms. The predicted molar refractivity (Wildman–Crippen MR) is 110 cm³/mol. The van der Waals surface area contributed by atoms with Crippen molar-refractivity contribution in [2.24, 2.45) is 0 Å². The standard InChI is InChI=1S/C21H24N4OS/c1-25(2)11-18-23-20(22-16-10-14-8-9-17(16)26-14)19-15(12-27-21(19)24-18)13-6-4-3-5-7-13/h3-7,12,14,16-17H,8-11H2,1-2H3,(H,22,23,24). The molecule has 4 heterocycles. The Bertz CT molecular complexity index is 955. The molecular formula is C21H24N4OS. The predicted octanol–water partition coefficient (Wildman–Crippen LogP) is 4.15. The number of hydrogen-bond donors (Lipinski definition) is 1. The number of aromatic nitrogens is 2. The fraction of sp³-hybridized carbons (Fsp3) is 0.429. The number of benzene rings is 1. The van der Waals surface area contributed by atoms with Crippen LogP contribution < -0.4 is 5.32 Å². The number of anilines is 1. The minimum atomic E-state index is 0.316. The first-order valence-corrected chi connectivity index (χ1v) is 10.5. The van der Waals surface area contributed by atoms with Crippen molar-refractivity contribution in [1.82, 2.24) is 14.9 Å². The second kappa shape index (κ2) is 6.86. The lowest BCUT2D eigenvalue weighted by molar-refractivity contribution is 0.102. The molecule has 2 saturated heterocycles. The zero-order chi connectivity index (χ0) is 18.4. The van der Waals surface area contributed by atoms with E-state index in [-0.39, 0.29) is 0 Å². The SMILES string of the molecule is CN(C)Cc1nc(NC2CC3CCC2O3)c2c(-c3ccccc3)csc2n1. The van der Waals surface area contributed by atoms with Crippen molar-refractivity contribution in [3.8, 4) is 11.1 Å². The molecule has 1 aromatic carbocycles. The highest BCUT2D eigenvalue weighted by Gasteiger charge is 2.41. The highest BCUT2D eigenvalue weighted by molar-refractivity contribution is 7.17. The fourth-order valence-electron chi connectivity index (χ4n) is 4.24. The summed E-state index contributed by atoms with van der Waals surface area (Å²) in [5, 5.41) is 7.08. The zero-order valence-electron chi connectivity index (χ0n) is 15.7. The Balaban J connectivity index is 1.59. The molecule has 2 aromatic heterocycles. The third kappa shape index (κ3) is 3.22. The molecule has 5 rings (SSSR count). The van der Waals surface area contributed by atoms with E-state index >= 15 is 0 Å². The number of fused-ring (bicyclic) bond motifs is 3. The maximum absolute atomic E-state index is 6.05. The van der Waals surface area contributed by atoms with E-state index in [9.17, 15) is 0 Å². The van der Waals surface area contributed by atoms with Gasteiger partial charge in [0.2, 0.25) is 0 Å². The normalized spacial score (nSPS) is 24.2. The highest BCUT2D eigenvalue weighted by Crippen LogP contribution is 2.40. The van der Waals surface area contributed by atoms with Crippen molar-refractivity contribution >= 4 is 27.4 Å². The monoisotopic (exact) mass is 380 g/mol. The van der Waals surface area contributed by atoms with Gasteiger partial charge in [0.25, 0.3) is 0 Å². The van der Waals surface area contributed by atoms with Gasteiger partial charge in [-0.3, -0.25) is 0 Å². The molecule has 0 spiro atoms. The quantitative estimate of drug-likeness (QED) is 0.720. The fourth-order valence-corrected chi connectivity index (χ4v) is 5.21. The van der Waals surface area contributed by atoms with E-state index in [0.29, 0.717) is 18.2 Å². The Morgan fingerprint density at radius 1 is 1.19 bits per heavy atom. The van der Waals surface area contributed by atoms with Gasteiger partial charge in [-0.15, -0.1) is 11.3 Å². The molecule has 2 aliphatic rings. The van der Waals surface area contributed by atoms with E-state index in [1.54, 1.807) is 11.3 Å². The molecule has 2 bridgehead atoms. The Labute approximate surface area is 163 Å². The molecule has 3 unspecified atom stereocenters. The van der Waals surface area contributed by atoms with Crippen LogP contribution in [0.2, 0.25) is 0 Å². The molecule has 3 aromatic rings.